The monoisotopic (exact) mass is 250 g/mol. The molecule has 2 nitrogen and oxygen atoms in total. The number of hydrogen-bond donors (Lipinski definition) is 0. The van der Waals surface area contributed by atoms with Crippen molar-refractivity contribution in [2.75, 3.05) is 0 Å². The van der Waals surface area contributed by atoms with Gasteiger partial charge in [0.05, 0.1) is 0 Å². The Hall–Kier alpha value is -2.22. The van der Waals surface area contributed by atoms with Crippen molar-refractivity contribution in [3.8, 4) is 0 Å². The van der Waals surface area contributed by atoms with Gasteiger partial charge in [-0.05, 0) is 18.8 Å². The van der Waals surface area contributed by atoms with Crippen molar-refractivity contribution in [1.82, 2.24) is 0 Å². The maximum absolute atomic E-state index is 12.6. The highest BCUT2D eigenvalue weighted by Crippen LogP contribution is 2.36. The lowest BCUT2D eigenvalue weighted by molar-refractivity contribution is 0.0966. The van der Waals surface area contributed by atoms with Crippen LogP contribution in [0.25, 0.3) is 0 Å². The Morgan fingerprint density at radius 2 is 1.84 bits per heavy atom. The molecule has 0 aliphatic heterocycles. The molecule has 0 bridgehead atoms. The lowest BCUT2D eigenvalue weighted by atomic mass is 9.74. The van der Waals surface area contributed by atoms with Gasteiger partial charge in [-0.15, -0.1) is 6.58 Å². The summed E-state index contributed by atoms with van der Waals surface area (Å²) in [5.41, 5.74) is 2.30. The number of carbonyl (C=O) groups excluding carboxylic acids is 2. The minimum Gasteiger partial charge on any atom is -0.289 e. The molecular weight excluding hydrogens is 236 g/mol. The summed E-state index contributed by atoms with van der Waals surface area (Å²) in [5.74, 6) is 0.0546. The molecule has 0 spiro atoms. The summed E-state index contributed by atoms with van der Waals surface area (Å²) in [4.78, 5) is 25.1. The minimum absolute atomic E-state index is 0.00130. The molecule has 1 aromatic rings. The van der Waals surface area contributed by atoms with Crippen LogP contribution in [0.5, 0.6) is 0 Å². The highest BCUT2D eigenvalue weighted by molar-refractivity contribution is 6.28. The molecule has 94 valence electrons. The molecule has 0 fully saturated rings. The third-order valence-corrected chi connectivity index (χ3v) is 3.76. The first-order valence-electron chi connectivity index (χ1n) is 6.44. The van der Waals surface area contributed by atoms with Crippen molar-refractivity contribution in [2.24, 2.45) is 5.92 Å². The molecule has 0 N–H and O–H groups in total. The lowest BCUT2D eigenvalue weighted by Gasteiger charge is -2.27. The largest absolute Gasteiger partial charge is 0.289 e. The molecule has 2 aliphatic carbocycles. The molecule has 2 aliphatic rings. The molecule has 2 heteroatoms. The van der Waals surface area contributed by atoms with E-state index in [1.165, 1.54) is 0 Å². The van der Waals surface area contributed by atoms with E-state index >= 15 is 0 Å². The Morgan fingerprint density at radius 3 is 2.53 bits per heavy atom. The summed E-state index contributed by atoms with van der Waals surface area (Å²) in [6.45, 7) is 3.74. The number of hydrogen-bond acceptors (Lipinski definition) is 2. The first-order chi connectivity index (χ1) is 9.24. The number of rotatable bonds is 2. The summed E-state index contributed by atoms with van der Waals surface area (Å²) in [6.07, 6.45) is 7.11. The number of carbonyl (C=O) groups is 2. The minimum atomic E-state index is -0.0322. The summed E-state index contributed by atoms with van der Waals surface area (Å²) in [6, 6.07) is 7.06. The number of allylic oxidation sites excluding steroid dienone is 5. The third-order valence-electron chi connectivity index (χ3n) is 3.76. The third kappa shape index (κ3) is 1.72. The predicted molar refractivity (Wildman–Crippen MR) is 74.2 cm³/mol. The Balaban J connectivity index is 2.18. The Morgan fingerprint density at radius 1 is 1.16 bits per heavy atom. The fourth-order valence-electron chi connectivity index (χ4n) is 2.87. The highest BCUT2D eigenvalue weighted by Gasteiger charge is 2.35. The predicted octanol–water partition coefficient (Wildman–Crippen LogP) is 3.51. The maximum atomic E-state index is 12.6. The van der Waals surface area contributed by atoms with Gasteiger partial charge in [-0.3, -0.25) is 9.59 Å². The summed E-state index contributed by atoms with van der Waals surface area (Å²) in [7, 11) is 0. The van der Waals surface area contributed by atoms with Crippen molar-refractivity contribution in [1.29, 1.82) is 0 Å². The van der Waals surface area contributed by atoms with Crippen LogP contribution in [-0.4, -0.2) is 11.6 Å². The van der Waals surface area contributed by atoms with Gasteiger partial charge in [0.25, 0.3) is 0 Å². The molecule has 3 rings (SSSR count). The summed E-state index contributed by atoms with van der Waals surface area (Å²) >= 11 is 0. The van der Waals surface area contributed by atoms with Gasteiger partial charge < -0.3 is 0 Å². The van der Waals surface area contributed by atoms with Gasteiger partial charge in [0.15, 0.2) is 11.6 Å². The first-order valence-corrected chi connectivity index (χ1v) is 6.44. The number of benzene rings is 1. The van der Waals surface area contributed by atoms with Crippen LogP contribution < -0.4 is 0 Å². The van der Waals surface area contributed by atoms with Crippen molar-refractivity contribution >= 4 is 11.6 Å². The smallest absolute Gasteiger partial charge is 0.194 e. The van der Waals surface area contributed by atoms with Crippen LogP contribution in [-0.2, 0) is 0 Å². The summed E-state index contributed by atoms with van der Waals surface area (Å²) < 4.78 is 0. The average Bonchev–Trinajstić information content (AvgIpc) is 2.45. The van der Waals surface area contributed by atoms with Crippen molar-refractivity contribution in [3.05, 3.63) is 71.3 Å². The van der Waals surface area contributed by atoms with Crippen LogP contribution in [0, 0.1) is 5.92 Å². The molecule has 19 heavy (non-hydrogen) atoms. The second kappa shape index (κ2) is 4.47. The Labute approximate surface area is 112 Å². The van der Waals surface area contributed by atoms with E-state index < -0.39 is 0 Å². The van der Waals surface area contributed by atoms with E-state index in [0.717, 1.165) is 12.8 Å². The quantitative estimate of drug-likeness (QED) is 0.753. The number of ketones is 2. The summed E-state index contributed by atoms with van der Waals surface area (Å²) in [5, 5.41) is 0. The van der Waals surface area contributed by atoms with Gasteiger partial charge >= 0.3 is 0 Å². The van der Waals surface area contributed by atoms with Crippen LogP contribution in [0.3, 0.4) is 0 Å². The zero-order valence-corrected chi connectivity index (χ0v) is 10.6. The van der Waals surface area contributed by atoms with Gasteiger partial charge in [-0.2, -0.15) is 0 Å². The zero-order valence-electron chi connectivity index (χ0n) is 10.6. The zero-order chi connectivity index (χ0) is 13.4. The molecule has 1 atom stereocenters. The Kier molecular flexibility index (Phi) is 2.79. The maximum Gasteiger partial charge on any atom is 0.194 e. The molecular formula is C17H14O2. The second-order valence-electron chi connectivity index (χ2n) is 4.89. The van der Waals surface area contributed by atoms with Crippen LogP contribution in [0.1, 0.15) is 33.6 Å². The fourth-order valence-corrected chi connectivity index (χ4v) is 2.87. The van der Waals surface area contributed by atoms with E-state index in [1.807, 2.05) is 12.2 Å². The first kappa shape index (κ1) is 11.8. The van der Waals surface area contributed by atoms with E-state index in [0.29, 0.717) is 22.3 Å². The van der Waals surface area contributed by atoms with E-state index in [9.17, 15) is 9.59 Å². The van der Waals surface area contributed by atoms with Crippen molar-refractivity contribution in [3.63, 3.8) is 0 Å². The van der Waals surface area contributed by atoms with Crippen molar-refractivity contribution < 1.29 is 9.59 Å². The number of Topliss-reactive ketones (excluding diaryl/α,β-unsaturated/α-hetero) is 2. The molecule has 0 aromatic heterocycles. The standard InChI is InChI=1S/C17H14O2/c1-2-6-11-7-5-10-14-15(11)17(19)13-9-4-3-8-12(13)16(14)18/h2-5,8-11H,1,6-7H2. The molecule has 0 heterocycles. The van der Waals surface area contributed by atoms with Crippen LogP contribution in [0.4, 0.5) is 0 Å². The topological polar surface area (TPSA) is 34.1 Å². The fraction of sp³-hybridized carbons (Fsp3) is 0.176. The molecule has 1 aromatic carbocycles. The molecule has 0 amide bonds. The van der Waals surface area contributed by atoms with Crippen LogP contribution >= 0.6 is 0 Å². The van der Waals surface area contributed by atoms with Crippen LogP contribution in [0.15, 0.2) is 60.2 Å². The Bertz CT molecular complexity index is 645. The molecule has 0 saturated heterocycles. The van der Waals surface area contributed by atoms with Gasteiger partial charge in [-0.25, -0.2) is 0 Å². The van der Waals surface area contributed by atoms with E-state index in [4.69, 9.17) is 0 Å². The van der Waals surface area contributed by atoms with E-state index in [-0.39, 0.29) is 17.5 Å². The highest BCUT2D eigenvalue weighted by atomic mass is 16.1. The SMILES string of the molecule is C=CCC1CC=CC2=C1C(=O)c1ccccc1C2=O. The van der Waals surface area contributed by atoms with E-state index in [1.54, 1.807) is 30.3 Å². The molecule has 0 radical (unpaired) electrons. The molecule has 0 saturated carbocycles. The lowest BCUT2D eigenvalue weighted by Crippen LogP contribution is -2.27. The van der Waals surface area contributed by atoms with E-state index in [2.05, 4.69) is 6.58 Å². The molecule has 1 unspecified atom stereocenters. The van der Waals surface area contributed by atoms with Gasteiger partial charge in [0, 0.05) is 22.3 Å². The van der Waals surface area contributed by atoms with Gasteiger partial charge in [0.1, 0.15) is 0 Å². The average molecular weight is 250 g/mol. The van der Waals surface area contributed by atoms with Crippen LogP contribution in [0.2, 0.25) is 0 Å². The normalized spacial score (nSPS) is 21.2. The number of fused-ring (bicyclic) bond motifs is 1. The van der Waals surface area contributed by atoms with Gasteiger partial charge in [0.2, 0.25) is 0 Å². The van der Waals surface area contributed by atoms with Crippen molar-refractivity contribution in [2.45, 2.75) is 12.8 Å². The van der Waals surface area contributed by atoms with Gasteiger partial charge in [-0.1, -0.05) is 42.5 Å². The second-order valence-corrected chi connectivity index (χ2v) is 4.89.